The number of hydrogen-bond donors (Lipinski definition) is 1. The molecule has 0 fully saturated rings. The summed E-state index contributed by atoms with van der Waals surface area (Å²) in [5, 5.41) is 4.11. The SMILES string of the molecule is C=CCn1c(C)c(C(N)=O)c(-c2ccsc2)c1CCCC. The monoisotopic (exact) mass is 302 g/mol. The van der Waals surface area contributed by atoms with Crippen molar-refractivity contribution in [3.63, 3.8) is 0 Å². The van der Waals surface area contributed by atoms with Gasteiger partial charge < -0.3 is 10.3 Å². The second-order valence-corrected chi connectivity index (χ2v) is 5.94. The number of amides is 1. The molecule has 0 saturated heterocycles. The quantitative estimate of drug-likeness (QED) is 0.767. The van der Waals surface area contributed by atoms with E-state index in [1.54, 1.807) is 11.3 Å². The van der Waals surface area contributed by atoms with Crippen molar-refractivity contribution >= 4 is 17.2 Å². The number of aromatic nitrogens is 1. The molecule has 21 heavy (non-hydrogen) atoms. The first-order valence-electron chi connectivity index (χ1n) is 7.27. The summed E-state index contributed by atoms with van der Waals surface area (Å²) in [4.78, 5) is 12.0. The standard InChI is InChI=1S/C17H22N2OS/c1-4-6-7-14-16(13-8-10-21-11-13)15(17(18)20)12(3)19(14)9-5-2/h5,8,10-11H,2,4,6-7,9H2,1,3H3,(H2,18,20). The molecule has 2 rings (SSSR count). The van der Waals surface area contributed by atoms with Gasteiger partial charge in [-0.25, -0.2) is 0 Å². The average molecular weight is 302 g/mol. The summed E-state index contributed by atoms with van der Waals surface area (Å²) in [6.45, 7) is 8.67. The number of primary amides is 1. The highest BCUT2D eigenvalue weighted by Crippen LogP contribution is 2.35. The first-order valence-corrected chi connectivity index (χ1v) is 8.21. The van der Waals surface area contributed by atoms with Gasteiger partial charge in [-0.3, -0.25) is 4.79 Å². The number of thiophene rings is 1. The molecule has 112 valence electrons. The lowest BCUT2D eigenvalue weighted by Crippen LogP contribution is -2.13. The molecule has 0 saturated carbocycles. The molecule has 2 aromatic heterocycles. The van der Waals surface area contributed by atoms with E-state index in [-0.39, 0.29) is 5.91 Å². The molecular weight excluding hydrogens is 280 g/mol. The summed E-state index contributed by atoms with van der Waals surface area (Å²) < 4.78 is 2.18. The highest BCUT2D eigenvalue weighted by Gasteiger charge is 2.24. The van der Waals surface area contributed by atoms with Crippen LogP contribution in [-0.2, 0) is 13.0 Å². The van der Waals surface area contributed by atoms with Crippen LogP contribution >= 0.6 is 11.3 Å². The van der Waals surface area contributed by atoms with Crippen LogP contribution in [-0.4, -0.2) is 10.5 Å². The second-order valence-electron chi connectivity index (χ2n) is 5.16. The topological polar surface area (TPSA) is 48.0 Å². The minimum Gasteiger partial charge on any atom is -0.366 e. The molecule has 0 unspecified atom stereocenters. The maximum absolute atomic E-state index is 12.0. The minimum atomic E-state index is -0.353. The third-order valence-corrected chi connectivity index (χ3v) is 4.45. The van der Waals surface area contributed by atoms with E-state index in [1.165, 1.54) is 5.69 Å². The molecule has 0 atom stereocenters. The summed E-state index contributed by atoms with van der Waals surface area (Å²) in [5.74, 6) is -0.353. The Morgan fingerprint density at radius 2 is 2.29 bits per heavy atom. The lowest BCUT2D eigenvalue weighted by Gasteiger charge is -2.10. The maximum atomic E-state index is 12.0. The zero-order valence-corrected chi connectivity index (χ0v) is 13.5. The number of nitrogens with two attached hydrogens (primary N) is 1. The van der Waals surface area contributed by atoms with E-state index in [4.69, 9.17) is 5.73 Å². The van der Waals surface area contributed by atoms with Crippen LogP contribution in [0.25, 0.3) is 11.1 Å². The first kappa shape index (κ1) is 15.6. The summed E-state index contributed by atoms with van der Waals surface area (Å²) in [6.07, 6.45) is 5.03. The Morgan fingerprint density at radius 1 is 1.52 bits per heavy atom. The normalized spacial score (nSPS) is 10.8. The Labute approximate surface area is 130 Å². The number of rotatable bonds is 7. The van der Waals surface area contributed by atoms with Gasteiger partial charge in [0.25, 0.3) is 5.91 Å². The van der Waals surface area contributed by atoms with Crippen LogP contribution in [0.3, 0.4) is 0 Å². The predicted molar refractivity (Wildman–Crippen MR) is 89.8 cm³/mol. The van der Waals surface area contributed by atoms with Crippen LogP contribution in [0.15, 0.2) is 29.5 Å². The molecule has 0 bridgehead atoms. The number of allylic oxidation sites excluding steroid dienone is 1. The Balaban J connectivity index is 2.70. The Morgan fingerprint density at radius 3 is 2.81 bits per heavy atom. The van der Waals surface area contributed by atoms with Crippen molar-refractivity contribution in [3.05, 3.63) is 46.4 Å². The smallest absolute Gasteiger partial charge is 0.251 e. The Hall–Kier alpha value is -1.81. The van der Waals surface area contributed by atoms with Crippen molar-refractivity contribution in [2.45, 2.75) is 39.7 Å². The first-order chi connectivity index (χ1) is 10.1. The van der Waals surface area contributed by atoms with Crippen molar-refractivity contribution in [2.75, 3.05) is 0 Å². The number of carbonyl (C=O) groups excluding carboxylic acids is 1. The van der Waals surface area contributed by atoms with Crippen molar-refractivity contribution in [3.8, 4) is 11.1 Å². The lowest BCUT2D eigenvalue weighted by atomic mass is 10.00. The maximum Gasteiger partial charge on any atom is 0.251 e. The fourth-order valence-electron chi connectivity index (χ4n) is 2.80. The molecule has 2 N–H and O–H groups in total. The minimum absolute atomic E-state index is 0.353. The predicted octanol–water partition coefficient (Wildman–Crippen LogP) is 4.15. The van der Waals surface area contributed by atoms with Gasteiger partial charge in [0.1, 0.15) is 0 Å². The van der Waals surface area contributed by atoms with E-state index in [2.05, 4.69) is 29.5 Å². The van der Waals surface area contributed by atoms with E-state index in [0.717, 1.165) is 36.1 Å². The lowest BCUT2D eigenvalue weighted by molar-refractivity contribution is 0.1000. The van der Waals surface area contributed by atoms with E-state index < -0.39 is 0 Å². The molecule has 4 heteroatoms. The van der Waals surface area contributed by atoms with Crippen molar-refractivity contribution < 1.29 is 4.79 Å². The zero-order chi connectivity index (χ0) is 15.4. The van der Waals surface area contributed by atoms with E-state index in [0.29, 0.717) is 12.1 Å². The Kier molecular flexibility index (Phi) is 5.02. The van der Waals surface area contributed by atoms with Crippen LogP contribution < -0.4 is 5.73 Å². The van der Waals surface area contributed by atoms with Gasteiger partial charge in [-0.05, 0) is 42.2 Å². The number of nitrogens with zero attached hydrogens (tertiary/aromatic N) is 1. The van der Waals surface area contributed by atoms with Crippen molar-refractivity contribution in [1.82, 2.24) is 4.57 Å². The number of hydrogen-bond acceptors (Lipinski definition) is 2. The van der Waals surface area contributed by atoms with Crippen LogP contribution in [0.4, 0.5) is 0 Å². The molecule has 2 heterocycles. The van der Waals surface area contributed by atoms with Gasteiger partial charge in [-0.2, -0.15) is 11.3 Å². The fraction of sp³-hybridized carbons (Fsp3) is 0.353. The molecule has 2 aromatic rings. The summed E-state index contributed by atoms with van der Waals surface area (Å²) in [5.41, 5.74) is 10.5. The Bertz CT molecular complexity index is 638. The zero-order valence-electron chi connectivity index (χ0n) is 12.7. The molecule has 0 spiro atoms. The molecule has 0 aliphatic rings. The fourth-order valence-corrected chi connectivity index (χ4v) is 3.44. The molecule has 0 aliphatic heterocycles. The van der Waals surface area contributed by atoms with Crippen molar-refractivity contribution in [2.24, 2.45) is 5.73 Å². The number of unbranched alkanes of at least 4 members (excludes halogenated alkanes) is 1. The highest BCUT2D eigenvalue weighted by molar-refractivity contribution is 7.08. The summed E-state index contributed by atoms with van der Waals surface area (Å²) in [6, 6.07) is 2.06. The van der Waals surface area contributed by atoms with Gasteiger partial charge in [0.2, 0.25) is 0 Å². The second kappa shape index (κ2) is 6.76. The van der Waals surface area contributed by atoms with Gasteiger partial charge in [0.05, 0.1) is 5.56 Å². The van der Waals surface area contributed by atoms with Crippen LogP contribution in [0, 0.1) is 6.92 Å². The molecule has 0 aliphatic carbocycles. The molecule has 3 nitrogen and oxygen atoms in total. The summed E-state index contributed by atoms with van der Waals surface area (Å²) in [7, 11) is 0. The van der Waals surface area contributed by atoms with Crippen molar-refractivity contribution in [1.29, 1.82) is 0 Å². The summed E-state index contributed by atoms with van der Waals surface area (Å²) >= 11 is 1.63. The van der Waals surface area contributed by atoms with Gasteiger partial charge in [-0.1, -0.05) is 19.4 Å². The van der Waals surface area contributed by atoms with E-state index >= 15 is 0 Å². The van der Waals surface area contributed by atoms with Crippen LogP contribution in [0.5, 0.6) is 0 Å². The molecule has 0 radical (unpaired) electrons. The van der Waals surface area contributed by atoms with E-state index in [1.807, 2.05) is 18.4 Å². The van der Waals surface area contributed by atoms with Crippen LogP contribution in [0.1, 0.15) is 41.5 Å². The van der Waals surface area contributed by atoms with Gasteiger partial charge in [0.15, 0.2) is 0 Å². The third-order valence-electron chi connectivity index (χ3n) is 3.77. The molecule has 0 aromatic carbocycles. The van der Waals surface area contributed by atoms with Gasteiger partial charge >= 0.3 is 0 Å². The van der Waals surface area contributed by atoms with Gasteiger partial charge in [0, 0.05) is 23.5 Å². The molecule has 1 amide bonds. The van der Waals surface area contributed by atoms with Gasteiger partial charge in [-0.15, -0.1) is 6.58 Å². The largest absolute Gasteiger partial charge is 0.366 e. The van der Waals surface area contributed by atoms with Crippen LogP contribution in [0.2, 0.25) is 0 Å². The van der Waals surface area contributed by atoms with E-state index in [9.17, 15) is 4.79 Å². The highest BCUT2D eigenvalue weighted by atomic mass is 32.1. The third kappa shape index (κ3) is 2.95. The number of carbonyl (C=O) groups is 1. The average Bonchev–Trinajstić information content (AvgIpc) is 3.05. The molecular formula is C17H22N2OS.